The summed E-state index contributed by atoms with van der Waals surface area (Å²) in [7, 11) is -3.99. The zero-order valence-corrected chi connectivity index (χ0v) is 20.9. The summed E-state index contributed by atoms with van der Waals surface area (Å²) in [5, 5.41) is 2.90. The minimum absolute atomic E-state index is 0.0466. The van der Waals surface area contributed by atoms with Crippen molar-refractivity contribution in [3.8, 4) is 0 Å². The van der Waals surface area contributed by atoms with Gasteiger partial charge in [-0.1, -0.05) is 88.2 Å². The lowest BCUT2D eigenvalue weighted by Crippen LogP contribution is -2.22. The molecule has 0 aliphatic heterocycles. The number of benzene rings is 4. The summed E-state index contributed by atoms with van der Waals surface area (Å²) in [6.45, 7) is 0. The molecular weight excluding hydrogens is 536 g/mol. The van der Waals surface area contributed by atoms with Crippen LogP contribution in [0.25, 0.3) is 0 Å². The van der Waals surface area contributed by atoms with Crippen LogP contribution in [-0.4, -0.2) is 14.3 Å². The lowest BCUT2D eigenvalue weighted by atomic mass is 9.90. The van der Waals surface area contributed by atoms with Gasteiger partial charge in [-0.2, -0.15) is 0 Å². The molecule has 0 unspecified atom stereocenters. The highest BCUT2D eigenvalue weighted by Crippen LogP contribution is 2.30. The third-order valence-electron chi connectivity index (χ3n) is 5.11. The van der Waals surface area contributed by atoms with Crippen molar-refractivity contribution in [2.75, 3.05) is 10.0 Å². The lowest BCUT2D eigenvalue weighted by molar-refractivity contribution is -0.116. The van der Waals surface area contributed by atoms with Crippen molar-refractivity contribution >= 4 is 54.8 Å². The number of amides is 1. The molecule has 2 N–H and O–H groups in total. The largest absolute Gasteiger partial charge is 0.325 e. The van der Waals surface area contributed by atoms with Crippen molar-refractivity contribution in [2.45, 2.75) is 10.8 Å². The van der Waals surface area contributed by atoms with Gasteiger partial charge in [0, 0.05) is 15.8 Å². The molecule has 0 aromatic heterocycles. The third-order valence-corrected chi connectivity index (χ3v) is 7.50. The topological polar surface area (TPSA) is 75.3 Å². The van der Waals surface area contributed by atoms with Crippen LogP contribution in [0.2, 0.25) is 5.02 Å². The second-order valence-electron chi connectivity index (χ2n) is 7.50. The molecule has 0 saturated carbocycles. The number of nitrogens with one attached hydrogen (secondary N) is 2. The standard InChI is InChI=1S/C26H20BrClN2O3S/c27-20-11-13-21(14-12-20)30-34(32,33)24-17-22(15-16-23(24)28)29-26(31)25(18-7-3-1-4-8-18)19-9-5-2-6-10-19/h1-17,25,30H,(H,29,31). The van der Waals surface area contributed by atoms with E-state index in [9.17, 15) is 13.2 Å². The van der Waals surface area contributed by atoms with Crippen molar-refractivity contribution in [1.82, 2.24) is 0 Å². The van der Waals surface area contributed by atoms with E-state index in [1.165, 1.54) is 12.1 Å². The molecule has 0 aliphatic carbocycles. The van der Waals surface area contributed by atoms with Crippen LogP contribution in [0.1, 0.15) is 17.0 Å². The predicted molar refractivity (Wildman–Crippen MR) is 140 cm³/mol. The molecule has 0 aliphatic rings. The van der Waals surface area contributed by atoms with Gasteiger partial charge in [0.1, 0.15) is 4.90 Å². The first-order chi connectivity index (χ1) is 16.3. The number of carbonyl (C=O) groups excluding carboxylic acids is 1. The van der Waals surface area contributed by atoms with Crippen LogP contribution in [0.3, 0.4) is 0 Å². The second-order valence-corrected chi connectivity index (χ2v) is 10.5. The van der Waals surface area contributed by atoms with Gasteiger partial charge in [-0.3, -0.25) is 9.52 Å². The fourth-order valence-corrected chi connectivity index (χ4v) is 5.37. The first kappa shape index (κ1) is 24.0. The monoisotopic (exact) mass is 554 g/mol. The molecular formula is C26H20BrClN2O3S. The molecule has 4 rings (SSSR count). The molecule has 172 valence electrons. The Morgan fingerprint density at radius 3 is 1.85 bits per heavy atom. The third kappa shape index (κ3) is 5.67. The van der Waals surface area contributed by atoms with Gasteiger partial charge in [-0.25, -0.2) is 8.42 Å². The van der Waals surface area contributed by atoms with Crippen LogP contribution < -0.4 is 10.0 Å². The van der Waals surface area contributed by atoms with Gasteiger partial charge in [0.05, 0.1) is 10.9 Å². The number of hydrogen-bond donors (Lipinski definition) is 2. The van der Waals surface area contributed by atoms with E-state index in [1.54, 1.807) is 30.3 Å². The lowest BCUT2D eigenvalue weighted by Gasteiger charge is -2.18. The Labute approximate surface area is 212 Å². The Morgan fingerprint density at radius 2 is 1.29 bits per heavy atom. The molecule has 0 heterocycles. The van der Waals surface area contributed by atoms with Crippen molar-refractivity contribution in [2.24, 2.45) is 0 Å². The van der Waals surface area contributed by atoms with E-state index in [0.29, 0.717) is 11.4 Å². The Balaban J connectivity index is 1.63. The first-order valence-corrected chi connectivity index (χ1v) is 13.0. The van der Waals surface area contributed by atoms with Gasteiger partial charge in [0.25, 0.3) is 10.0 Å². The molecule has 0 saturated heterocycles. The van der Waals surface area contributed by atoms with E-state index < -0.39 is 15.9 Å². The second kappa shape index (κ2) is 10.4. The number of rotatable bonds is 7. The predicted octanol–water partition coefficient (Wildman–Crippen LogP) is 6.67. The van der Waals surface area contributed by atoms with Crippen molar-refractivity contribution < 1.29 is 13.2 Å². The summed E-state index contributed by atoms with van der Waals surface area (Å²) < 4.78 is 29.3. The summed E-state index contributed by atoms with van der Waals surface area (Å²) in [6, 6.07) is 29.9. The van der Waals surface area contributed by atoms with E-state index in [4.69, 9.17) is 11.6 Å². The number of carbonyl (C=O) groups is 1. The fraction of sp³-hybridized carbons (Fsp3) is 0.0385. The van der Waals surface area contributed by atoms with Crippen LogP contribution in [-0.2, 0) is 14.8 Å². The molecule has 0 bridgehead atoms. The van der Waals surface area contributed by atoms with Crippen molar-refractivity contribution in [3.05, 3.63) is 124 Å². The van der Waals surface area contributed by atoms with E-state index >= 15 is 0 Å². The highest BCUT2D eigenvalue weighted by Gasteiger charge is 2.24. The molecule has 5 nitrogen and oxygen atoms in total. The average Bonchev–Trinajstić information content (AvgIpc) is 2.83. The highest BCUT2D eigenvalue weighted by molar-refractivity contribution is 9.10. The zero-order valence-electron chi connectivity index (χ0n) is 17.8. The maximum Gasteiger partial charge on any atom is 0.263 e. The summed E-state index contributed by atoms with van der Waals surface area (Å²) in [5.41, 5.74) is 2.36. The quantitative estimate of drug-likeness (QED) is 0.267. The smallest absolute Gasteiger partial charge is 0.263 e. The summed E-state index contributed by atoms with van der Waals surface area (Å²) in [5.74, 6) is -0.858. The first-order valence-electron chi connectivity index (χ1n) is 10.3. The Morgan fingerprint density at radius 1 is 0.765 bits per heavy atom. The number of anilines is 2. The van der Waals surface area contributed by atoms with Crippen LogP contribution in [0.5, 0.6) is 0 Å². The van der Waals surface area contributed by atoms with Gasteiger partial charge >= 0.3 is 0 Å². The minimum atomic E-state index is -3.99. The minimum Gasteiger partial charge on any atom is -0.325 e. The summed E-state index contributed by atoms with van der Waals surface area (Å²) in [6.07, 6.45) is 0. The molecule has 4 aromatic carbocycles. The maximum absolute atomic E-state index is 13.4. The molecule has 0 fully saturated rings. The van der Waals surface area contributed by atoms with E-state index in [2.05, 4.69) is 26.0 Å². The van der Waals surface area contributed by atoms with Crippen molar-refractivity contribution in [3.63, 3.8) is 0 Å². The van der Waals surface area contributed by atoms with Crippen LogP contribution in [0.15, 0.2) is 112 Å². The van der Waals surface area contributed by atoms with Gasteiger partial charge in [0.15, 0.2) is 0 Å². The Hall–Kier alpha value is -3.13. The average molecular weight is 556 g/mol. The SMILES string of the molecule is O=C(Nc1ccc(Cl)c(S(=O)(=O)Nc2ccc(Br)cc2)c1)C(c1ccccc1)c1ccccc1. The molecule has 1 amide bonds. The van der Waals surface area contributed by atoms with Crippen LogP contribution in [0.4, 0.5) is 11.4 Å². The van der Waals surface area contributed by atoms with Crippen LogP contribution in [0, 0.1) is 0 Å². The normalized spacial score (nSPS) is 11.3. The van der Waals surface area contributed by atoms with Gasteiger partial charge in [-0.05, 0) is 53.6 Å². The van der Waals surface area contributed by atoms with E-state index in [0.717, 1.165) is 15.6 Å². The summed E-state index contributed by atoms with van der Waals surface area (Å²) in [4.78, 5) is 13.2. The van der Waals surface area contributed by atoms with Gasteiger partial charge < -0.3 is 5.32 Å². The fourth-order valence-electron chi connectivity index (χ4n) is 3.52. The maximum atomic E-state index is 13.4. The molecule has 34 heavy (non-hydrogen) atoms. The Kier molecular flexibility index (Phi) is 7.36. The van der Waals surface area contributed by atoms with Gasteiger partial charge in [0.2, 0.25) is 5.91 Å². The Bertz CT molecular complexity index is 1360. The zero-order chi connectivity index (χ0) is 24.1. The number of hydrogen-bond acceptors (Lipinski definition) is 3. The number of sulfonamides is 1. The summed E-state index contributed by atoms with van der Waals surface area (Å²) >= 11 is 9.54. The van der Waals surface area contributed by atoms with Gasteiger partial charge in [-0.15, -0.1) is 0 Å². The van der Waals surface area contributed by atoms with E-state index in [-0.39, 0.29) is 15.8 Å². The molecule has 8 heteroatoms. The van der Waals surface area contributed by atoms with E-state index in [1.807, 2.05) is 60.7 Å². The highest BCUT2D eigenvalue weighted by atomic mass is 79.9. The van der Waals surface area contributed by atoms with Crippen LogP contribution >= 0.6 is 27.5 Å². The molecule has 4 aromatic rings. The van der Waals surface area contributed by atoms with Crippen molar-refractivity contribution in [1.29, 1.82) is 0 Å². The molecule has 0 spiro atoms. The molecule has 0 atom stereocenters. The molecule has 0 radical (unpaired) electrons. The number of halogens is 2.